The number of anilines is 1. The highest BCUT2D eigenvalue weighted by atomic mass is 32.1. The van der Waals surface area contributed by atoms with Gasteiger partial charge in [-0.1, -0.05) is 13.8 Å². The van der Waals surface area contributed by atoms with Gasteiger partial charge in [-0.2, -0.15) is 0 Å². The number of hydrogen-bond acceptors (Lipinski definition) is 6. The molecule has 6 nitrogen and oxygen atoms in total. The number of rotatable bonds is 8. The van der Waals surface area contributed by atoms with Crippen LogP contribution in [0.4, 0.5) is 11.4 Å². The molecule has 0 saturated heterocycles. The van der Waals surface area contributed by atoms with Gasteiger partial charge in [0.1, 0.15) is 5.69 Å². The van der Waals surface area contributed by atoms with E-state index in [1.54, 1.807) is 11.6 Å². The van der Waals surface area contributed by atoms with Crippen molar-refractivity contribution in [3.63, 3.8) is 0 Å². The molecule has 0 bridgehead atoms. The smallest absolute Gasteiger partial charge is 0.319 e. The number of fused-ring (bicyclic) bond motifs is 1. The fraction of sp³-hybridized carbons (Fsp3) is 0.500. The Morgan fingerprint density at radius 2 is 2.24 bits per heavy atom. The van der Waals surface area contributed by atoms with Crippen molar-refractivity contribution in [1.82, 2.24) is 4.98 Å². The van der Waals surface area contributed by atoms with Crippen molar-refractivity contribution in [1.29, 1.82) is 0 Å². The molecule has 0 radical (unpaired) electrons. The molecule has 0 atom stereocenters. The number of aromatic nitrogens is 1. The first-order valence-electron chi connectivity index (χ1n) is 6.91. The van der Waals surface area contributed by atoms with Gasteiger partial charge < -0.3 is 10.1 Å². The summed E-state index contributed by atoms with van der Waals surface area (Å²) < 4.78 is 6.31. The van der Waals surface area contributed by atoms with Crippen molar-refractivity contribution in [3.05, 3.63) is 27.8 Å². The highest BCUT2D eigenvalue weighted by Gasteiger charge is 2.20. The lowest BCUT2D eigenvalue weighted by molar-refractivity contribution is -0.382. The van der Waals surface area contributed by atoms with E-state index in [2.05, 4.69) is 24.1 Å². The lowest BCUT2D eigenvalue weighted by atomic mass is 10.1. The minimum absolute atomic E-state index is 0.0379. The van der Waals surface area contributed by atoms with Crippen molar-refractivity contribution in [2.24, 2.45) is 5.92 Å². The monoisotopic (exact) mass is 309 g/mol. The minimum atomic E-state index is -0.385. The molecule has 0 amide bonds. The van der Waals surface area contributed by atoms with E-state index in [-0.39, 0.29) is 10.6 Å². The largest absolute Gasteiger partial charge is 0.380 e. The van der Waals surface area contributed by atoms with Crippen LogP contribution in [0.5, 0.6) is 0 Å². The van der Waals surface area contributed by atoms with Crippen LogP contribution in [-0.2, 0) is 4.74 Å². The summed E-state index contributed by atoms with van der Waals surface area (Å²) >= 11 is 1.40. The van der Waals surface area contributed by atoms with Gasteiger partial charge in [-0.3, -0.25) is 10.1 Å². The molecule has 0 spiro atoms. The number of benzene rings is 1. The number of nitrogens with zero attached hydrogens (tertiary/aromatic N) is 2. The highest BCUT2D eigenvalue weighted by Crippen LogP contribution is 2.34. The molecule has 0 saturated carbocycles. The summed E-state index contributed by atoms with van der Waals surface area (Å²) in [5.74, 6) is 0.617. The van der Waals surface area contributed by atoms with Crippen LogP contribution >= 0.6 is 11.3 Å². The van der Waals surface area contributed by atoms with Crippen molar-refractivity contribution < 1.29 is 9.66 Å². The molecule has 1 heterocycles. The third kappa shape index (κ3) is 4.12. The van der Waals surface area contributed by atoms with Gasteiger partial charge in [0.05, 0.1) is 21.7 Å². The van der Waals surface area contributed by atoms with E-state index < -0.39 is 0 Å². The highest BCUT2D eigenvalue weighted by molar-refractivity contribution is 7.16. The van der Waals surface area contributed by atoms with E-state index in [1.165, 1.54) is 11.3 Å². The SMILES string of the molecule is CC(C)CCOCCNc1ccc2scnc2c1[N+](=O)[O-]. The number of thiazole rings is 1. The summed E-state index contributed by atoms with van der Waals surface area (Å²) in [6.45, 7) is 6.07. The van der Waals surface area contributed by atoms with Crippen LogP contribution < -0.4 is 5.32 Å². The van der Waals surface area contributed by atoms with Crippen LogP contribution in [0.15, 0.2) is 17.6 Å². The second kappa shape index (κ2) is 7.33. The first-order valence-corrected chi connectivity index (χ1v) is 7.79. The zero-order valence-corrected chi connectivity index (χ0v) is 13.0. The Kier molecular flexibility index (Phi) is 5.46. The van der Waals surface area contributed by atoms with Crippen LogP contribution in [-0.4, -0.2) is 29.7 Å². The van der Waals surface area contributed by atoms with Crippen LogP contribution in [0, 0.1) is 16.0 Å². The summed E-state index contributed by atoms with van der Waals surface area (Å²) in [6.07, 6.45) is 1.02. The third-order valence-electron chi connectivity index (χ3n) is 3.06. The van der Waals surface area contributed by atoms with E-state index in [0.29, 0.717) is 36.9 Å². The third-order valence-corrected chi connectivity index (χ3v) is 3.85. The Bertz CT molecular complexity index is 613. The average molecular weight is 309 g/mol. The number of nitro benzene ring substituents is 1. The van der Waals surface area contributed by atoms with Crippen molar-refractivity contribution in [2.45, 2.75) is 20.3 Å². The molecule has 0 aliphatic heterocycles. The van der Waals surface area contributed by atoms with E-state index >= 15 is 0 Å². The molecule has 2 aromatic rings. The molecule has 0 fully saturated rings. The molecule has 114 valence electrons. The predicted molar refractivity (Wildman–Crippen MR) is 85.0 cm³/mol. The number of nitrogens with one attached hydrogen (secondary N) is 1. The molecule has 21 heavy (non-hydrogen) atoms. The summed E-state index contributed by atoms with van der Waals surface area (Å²) in [4.78, 5) is 14.9. The van der Waals surface area contributed by atoms with Crippen LogP contribution in [0.2, 0.25) is 0 Å². The molecule has 7 heteroatoms. The second-order valence-electron chi connectivity index (χ2n) is 5.14. The zero-order chi connectivity index (χ0) is 15.2. The van der Waals surface area contributed by atoms with E-state index in [9.17, 15) is 10.1 Å². The van der Waals surface area contributed by atoms with Crippen molar-refractivity contribution >= 4 is 32.9 Å². The quantitative estimate of drug-likeness (QED) is 0.457. The second-order valence-corrected chi connectivity index (χ2v) is 6.03. The van der Waals surface area contributed by atoms with Crippen molar-refractivity contribution in [3.8, 4) is 0 Å². The molecule has 0 aliphatic rings. The number of nitro groups is 1. The fourth-order valence-electron chi connectivity index (χ4n) is 1.92. The van der Waals surface area contributed by atoms with Gasteiger partial charge in [-0.15, -0.1) is 11.3 Å². The first-order chi connectivity index (χ1) is 10.1. The molecule has 1 aromatic heterocycles. The normalized spacial score (nSPS) is 11.2. The molecule has 0 aliphatic carbocycles. The number of ether oxygens (including phenoxy) is 1. The molecular weight excluding hydrogens is 290 g/mol. The van der Waals surface area contributed by atoms with Gasteiger partial charge in [-0.05, 0) is 24.5 Å². The van der Waals surface area contributed by atoms with Gasteiger partial charge in [0.2, 0.25) is 0 Å². The molecular formula is C14H19N3O3S. The standard InChI is InChI=1S/C14H19N3O3S/c1-10(2)5-7-20-8-6-15-11-3-4-12-13(16-9-21-12)14(11)17(18)19/h3-4,9-10,15H,5-8H2,1-2H3. The van der Waals surface area contributed by atoms with Gasteiger partial charge in [0, 0.05) is 13.2 Å². The molecule has 1 aromatic carbocycles. The van der Waals surface area contributed by atoms with Gasteiger partial charge in [0.15, 0.2) is 5.52 Å². The lowest BCUT2D eigenvalue weighted by Crippen LogP contribution is -2.12. The zero-order valence-electron chi connectivity index (χ0n) is 12.2. The maximum atomic E-state index is 11.2. The Balaban J connectivity index is 1.95. The maximum absolute atomic E-state index is 11.2. The van der Waals surface area contributed by atoms with Crippen LogP contribution in [0.1, 0.15) is 20.3 Å². The predicted octanol–water partition coefficient (Wildman–Crippen LogP) is 3.68. The Hall–Kier alpha value is -1.73. The van der Waals surface area contributed by atoms with Gasteiger partial charge in [0.25, 0.3) is 0 Å². The molecule has 0 unspecified atom stereocenters. The van der Waals surface area contributed by atoms with E-state index in [1.807, 2.05) is 6.07 Å². The van der Waals surface area contributed by atoms with Gasteiger partial charge in [-0.25, -0.2) is 4.98 Å². The Labute approximate surface area is 127 Å². The minimum Gasteiger partial charge on any atom is -0.380 e. The van der Waals surface area contributed by atoms with Gasteiger partial charge >= 0.3 is 5.69 Å². The average Bonchev–Trinajstić information content (AvgIpc) is 2.89. The fourth-order valence-corrected chi connectivity index (χ4v) is 2.60. The van der Waals surface area contributed by atoms with Crippen LogP contribution in [0.3, 0.4) is 0 Å². The number of hydrogen-bond donors (Lipinski definition) is 1. The van der Waals surface area contributed by atoms with E-state index in [4.69, 9.17) is 4.74 Å². The molecule has 2 rings (SSSR count). The summed E-state index contributed by atoms with van der Waals surface area (Å²) in [5, 5.41) is 14.3. The summed E-state index contributed by atoms with van der Waals surface area (Å²) in [6, 6.07) is 3.58. The molecule has 1 N–H and O–H groups in total. The van der Waals surface area contributed by atoms with Crippen LogP contribution in [0.25, 0.3) is 10.2 Å². The summed E-state index contributed by atoms with van der Waals surface area (Å²) in [5.41, 5.74) is 2.59. The lowest BCUT2D eigenvalue weighted by Gasteiger charge is -2.09. The maximum Gasteiger partial charge on any atom is 0.319 e. The Morgan fingerprint density at radius 3 is 2.95 bits per heavy atom. The topological polar surface area (TPSA) is 77.3 Å². The van der Waals surface area contributed by atoms with E-state index in [0.717, 1.165) is 11.1 Å². The summed E-state index contributed by atoms with van der Waals surface area (Å²) in [7, 11) is 0. The Morgan fingerprint density at radius 1 is 1.43 bits per heavy atom. The first kappa shape index (κ1) is 15.7. The van der Waals surface area contributed by atoms with Crippen molar-refractivity contribution in [2.75, 3.05) is 25.1 Å².